The molecule has 15 heteroatoms. The van der Waals surface area contributed by atoms with Gasteiger partial charge < -0.3 is 43.6 Å². The molecule has 4 rings (SSSR count). The number of fused-ring (bicyclic) bond motifs is 3. The third-order valence-corrected chi connectivity index (χ3v) is 7.65. The minimum absolute atomic E-state index is 0.0822. The summed E-state index contributed by atoms with van der Waals surface area (Å²) in [5.41, 5.74) is 3.94. The highest BCUT2D eigenvalue weighted by Gasteiger charge is 2.53. The standard InChI is InChI=1S/C33H37NO14/c1-16(27(31(39)40)34-33(41)43-14-25-23-12-8-6-10-21(23)22-11-7-9-13-24(22)25)44-32-30(47-20(5)38)29(46-19(4)37)28(45-18(3)36)26(48-32)15-42-17(2)35/h6-13,16,25-30,32H,14-15H2,1-5H3,(H,34,41)(H,39,40)/t16?,26?,27-,28+,29-,30?,32-/m0/s1. The van der Waals surface area contributed by atoms with Gasteiger partial charge in [-0.3, -0.25) is 19.2 Å². The van der Waals surface area contributed by atoms with Crippen molar-refractivity contribution in [3.63, 3.8) is 0 Å². The molecule has 2 aromatic rings. The van der Waals surface area contributed by atoms with Crippen molar-refractivity contribution in [2.45, 2.75) is 83.4 Å². The fourth-order valence-corrected chi connectivity index (χ4v) is 5.74. The molecule has 2 aromatic carbocycles. The summed E-state index contributed by atoms with van der Waals surface area (Å²) in [6.45, 7) is 5.02. The number of hydrogen-bond donors (Lipinski definition) is 2. The van der Waals surface area contributed by atoms with Crippen LogP contribution in [0.2, 0.25) is 0 Å². The first-order chi connectivity index (χ1) is 22.8. The number of rotatable bonds is 12. The van der Waals surface area contributed by atoms with Gasteiger partial charge in [-0.1, -0.05) is 48.5 Å². The van der Waals surface area contributed by atoms with Crippen molar-refractivity contribution in [1.82, 2.24) is 5.32 Å². The molecule has 1 aliphatic heterocycles. The Morgan fingerprint density at radius 3 is 1.77 bits per heavy atom. The van der Waals surface area contributed by atoms with Crippen LogP contribution in [-0.2, 0) is 57.1 Å². The molecule has 0 aromatic heterocycles. The first-order valence-corrected chi connectivity index (χ1v) is 15.1. The van der Waals surface area contributed by atoms with E-state index in [1.165, 1.54) is 6.92 Å². The van der Waals surface area contributed by atoms with Gasteiger partial charge in [0, 0.05) is 33.6 Å². The third kappa shape index (κ3) is 8.66. The van der Waals surface area contributed by atoms with Crippen LogP contribution in [0.1, 0.15) is 51.7 Å². The molecule has 0 radical (unpaired) electrons. The molecule has 1 amide bonds. The molecule has 2 aliphatic rings. The van der Waals surface area contributed by atoms with Crippen LogP contribution in [0, 0.1) is 0 Å². The van der Waals surface area contributed by atoms with Crippen molar-refractivity contribution in [2.75, 3.05) is 13.2 Å². The number of nitrogens with one attached hydrogen (secondary N) is 1. The fraction of sp³-hybridized carbons (Fsp3) is 0.455. The predicted octanol–water partition coefficient (Wildman–Crippen LogP) is 2.47. The van der Waals surface area contributed by atoms with Gasteiger partial charge in [0.15, 0.2) is 30.6 Å². The molecular weight excluding hydrogens is 634 g/mol. The number of carboxylic acid groups (broad SMARTS) is 1. The van der Waals surface area contributed by atoms with E-state index < -0.39 is 85.4 Å². The van der Waals surface area contributed by atoms with Gasteiger partial charge >= 0.3 is 35.9 Å². The highest BCUT2D eigenvalue weighted by Crippen LogP contribution is 2.44. The number of hydrogen-bond acceptors (Lipinski definition) is 13. The minimum Gasteiger partial charge on any atom is -0.480 e. The van der Waals surface area contributed by atoms with Crippen molar-refractivity contribution in [2.24, 2.45) is 0 Å². The molecule has 3 unspecified atom stereocenters. The van der Waals surface area contributed by atoms with Gasteiger partial charge in [0.1, 0.15) is 19.3 Å². The smallest absolute Gasteiger partial charge is 0.407 e. The van der Waals surface area contributed by atoms with Gasteiger partial charge in [-0.15, -0.1) is 0 Å². The molecule has 1 heterocycles. The number of ether oxygens (including phenoxy) is 7. The maximum Gasteiger partial charge on any atom is 0.407 e. The maximum absolute atomic E-state index is 13.0. The van der Waals surface area contributed by atoms with E-state index in [-0.39, 0.29) is 12.5 Å². The average molecular weight is 672 g/mol. The summed E-state index contributed by atoms with van der Waals surface area (Å²) < 4.78 is 38.3. The number of amides is 1. The van der Waals surface area contributed by atoms with E-state index >= 15 is 0 Å². The number of carbonyl (C=O) groups is 6. The molecular formula is C33H37NO14. The topological polar surface area (TPSA) is 199 Å². The Bertz CT molecular complexity index is 1500. The zero-order chi connectivity index (χ0) is 35.1. The monoisotopic (exact) mass is 671 g/mol. The Morgan fingerprint density at radius 1 is 0.729 bits per heavy atom. The van der Waals surface area contributed by atoms with Crippen LogP contribution in [0.25, 0.3) is 11.1 Å². The van der Waals surface area contributed by atoms with Crippen molar-refractivity contribution < 1.29 is 67.0 Å². The number of carbonyl (C=O) groups excluding carboxylic acids is 5. The average Bonchev–Trinajstić information content (AvgIpc) is 3.33. The molecule has 0 spiro atoms. The Labute approximate surface area is 275 Å². The third-order valence-electron chi connectivity index (χ3n) is 7.65. The van der Waals surface area contributed by atoms with Crippen molar-refractivity contribution in [3.05, 3.63) is 59.7 Å². The van der Waals surface area contributed by atoms with Gasteiger partial charge in [0.2, 0.25) is 0 Å². The van der Waals surface area contributed by atoms with Crippen LogP contribution < -0.4 is 5.32 Å². The lowest BCUT2D eigenvalue weighted by Crippen LogP contribution is -2.64. The van der Waals surface area contributed by atoms with E-state index in [1.807, 2.05) is 48.5 Å². The molecule has 258 valence electrons. The van der Waals surface area contributed by atoms with E-state index in [1.54, 1.807) is 0 Å². The second kappa shape index (κ2) is 15.7. The molecule has 0 saturated carbocycles. The number of carboxylic acids is 1. The van der Waals surface area contributed by atoms with E-state index in [2.05, 4.69) is 5.32 Å². The van der Waals surface area contributed by atoms with Gasteiger partial charge in [0.05, 0.1) is 6.10 Å². The predicted molar refractivity (Wildman–Crippen MR) is 162 cm³/mol. The van der Waals surface area contributed by atoms with Crippen LogP contribution in [0.15, 0.2) is 48.5 Å². The fourth-order valence-electron chi connectivity index (χ4n) is 5.74. The number of esters is 4. The van der Waals surface area contributed by atoms with Crippen molar-refractivity contribution in [1.29, 1.82) is 0 Å². The van der Waals surface area contributed by atoms with Crippen LogP contribution >= 0.6 is 0 Å². The second-order valence-electron chi connectivity index (χ2n) is 11.2. The summed E-state index contributed by atoms with van der Waals surface area (Å²) in [6.07, 6.45) is -9.95. The second-order valence-corrected chi connectivity index (χ2v) is 11.2. The van der Waals surface area contributed by atoms with E-state index in [0.29, 0.717) is 0 Å². The van der Waals surface area contributed by atoms with E-state index in [9.17, 15) is 33.9 Å². The highest BCUT2D eigenvalue weighted by atomic mass is 16.7. The molecule has 48 heavy (non-hydrogen) atoms. The summed E-state index contributed by atoms with van der Waals surface area (Å²) in [7, 11) is 0. The van der Waals surface area contributed by atoms with E-state index in [0.717, 1.165) is 49.9 Å². The number of alkyl carbamates (subject to hydrolysis) is 1. The molecule has 1 saturated heterocycles. The lowest BCUT2D eigenvalue weighted by molar-refractivity contribution is -0.316. The summed E-state index contributed by atoms with van der Waals surface area (Å²) in [4.78, 5) is 73.0. The Hall–Kier alpha value is -5.02. The van der Waals surface area contributed by atoms with Crippen molar-refractivity contribution >= 4 is 35.9 Å². The quantitative estimate of drug-likeness (QED) is 0.246. The number of aliphatic carboxylic acids is 1. The van der Waals surface area contributed by atoms with Crippen LogP contribution in [0.4, 0.5) is 4.79 Å². The molecule has 1 fully saturated rings. The van der Waals surface area contributed by atoms with E-state index in [4.69, 9.17) is 33.2 Å². The Kier molecular flexibility index (Phi) is 11.7. The normalized spacial score (nSPS) is 22.6. The van der Waals surface area contributed by atoms with Crippen LogP contribution in [-0.4, -0.2) is 97.1 Å². The molecule has 15 nitrogen and oxygen atoms in total. The first-order valence-electron chi connectivity index (χ1n) is 15.1. The molecule has 1 aliphatic carbocycles. The largest absolute Gasteiger partial charge is 0.480 e. The summed E-state index contributed by atoms with van der Waals surface area (Å²) >= 11 is 0. The summed E-state index contributed by atoms with van der Waals surface area (Å²) in [5.74, 6) is -5.03. The van der Waals surface area contributed by atoms with Gasteiger partial charge in [-0.25, -0.2) is 9.59 Å². The van der Waals surface area contributed by atoms with Gasteiger partial charge in [-0.2, -0.15) is 0 Å². The van der Waals surface area contributed by atoms with Gasteiger partial charge in [0.25, 0.3) is 0 Å². The number of benzene rings is 2. The Morgan fingerprint density at radius 2 is 1.25 bits per heavy atom. The molecule has 7 atom stereocenters. The summed E-state index contributed by atoms with van der Waals surface area (Å²) in [6, 6.07) is 13.7. The zero-order valence-electron chi connectivity index (χ0n) is 26.9. The Balaban J connectivity index is 1.52. The van der Waals surface area contributed by atoms with Crippen molar-refractivity contribution in [3.8, 4) is 11.1 Å². The SMILES string of the molecule is CC(=O)OCC1O[C@H](OC(C)[C@H](NC(=O)OCC2c3ccccc3-c3ccccc32)C(=O)O)C(OC(C)=O)[C@@H](OC(C)=O)[C@@H]1OC(C)=O. The summed E-state index contributed by atoms with van der Waals surface area (Å²) in [5, 5.41) is 12.3. The first kappa shape index (κ1) is 35.8. The lowest BCUT2D eigenvalue weighted by Gasteiger charge is -2.44. The van der Waals surface area contributed by atoms with Crippen LogP contribution in [0.3, 0.4) is 0 Å². The molecule has 2 N–H and O–H groups in total. The maximum atomic E-state index is 13.0. The minimum atomic E-state index is -1.72. The lowest BCUT2D eigenvalue weighted by atomic mass is 9.98. The van der Waals surface area contributed by atoms with Crippen LogP contribution in [0.5, 0.6) is 0 Å². The highest BCUT2D eigenvalue weighted by molar-refractivity contribution is 5.81. The molecule has 0 bridgehead atoms. The zero-order valence-corrected chi connectivity index (χ0v) is 26.9. The van der Waals surface area contributed by atoms with Gasteiger partial charge in [-0.05, 0) is 29.2 Å².